The van der Waals surface area contributed by atoms with Gasteiger partial charge < -0.3 is 9.15 Å². The number of thiazole rings is 1. The second kappa shape index (κ2) is 6.65. The van der Waals surface area contributed by atoms with Gasteiger partial charge in [0.25, 0.3) is 5.69 Å². The van der Waals surface area contributed by atoms with Crippen molar-refractivity contribution in [2.75, 3.05) is 0 Å². The van der Waals surface area contributed by atoms with Gasteiger partial charge in [-0.1, -0.05) is 12.1 Å². The van der Waals surface area contributed by atoms with Gasteiger partial charge in [-0.2, -0.15) is 0 Å². The Balaban J connectivity index is 1.49. The molecule has 2 aromatic heterocycles. The van der Waals surface area contributed by atoms with E-state index in [1.165, 1.54) is 23.5 Å². The second-order valence-corrected chi connectivity index (χ2v) is 6.71. The lowest BCUT2D eigenvalue weighted by molar-refractivity contribution is -0.384. The van der Waals surface area contributed by atoms with E-state index in [1.54, 1.807) is 0 Å². The molecule has 2 heterocycles. The van der Waals surface area contributed by atoms with Gasteiger partial charge in [-0.25, -0.2) is 9.78 Å². The van der Waals surface area contributed by atoms with Gasteiger partial charge in [0.15, 0.2) is 5.58 Å². The highest BCUT2D eigenvalue weighted by molar-refractivity contribution is 7.18. The number of hydrogen-bond donors (Lipinski definition) is 0. The number of non-ortho nitro benzene ring substituents is 1. The van der Waals surface area contributed by atoms with E-state index in [4.69, 9.17) is 9.15 Å². The van der Waals surface area contributed by atoms with Crippen molar-refractivity contribution in [1.29, 1.82) is 0 Å². The van der Waals surface area contributed by atoms with Gasteiger partial charge >= 0.3 is 11.7 Å². The molecule has 0 bridgehead atoms. The summed E-state index contributed by atoms with van der Waals surface area (Å²) in [6.45, 7) is -0.372. The van der Waals surface area contributed by atoms with Crippen LogP contribution in [-0.4, -0.2) is 20.4 Å². The zero-order chi connectivity index (χ0) is 19.0. The normalized spacial score (nSPS) is 11.1. The smallest absolute Gasteiger partial charge is 0.420 e. The fourth-order valence-electron chi connectivity index (χ4n) is 2.62. The molecular formula is C17H11N3O6S. The first-order chi connectivity index (χ1) is 13.0. The number of nitrogens with zero attached hydrogens (tertiary/aromatic N) is 3. The molecule has 136 valence electrons. The lowest BCUT2D eigenvalue weighted by Crippen LogP contribution is -2.21. The highest BCUT2D eigenvalue weighted by atomic mass is 32.1. The van der Waals surface area contributed by atoms with Crippen LogP contribution in [0.25, 0.3) is 21.3 Å². The van der Waals surface area contributed by atoms with Crippen LogP contribution in [-0.2, 0) is 22.7 Å². The van der Waals surface area contributed by atoms with Gasteiger partial charge in [-0.15, -0.1) is 11.3 Å². The van der Waals surface area contributed by atoms with E-state index in [9.17, 15) is 19.7 Å². The molecule has 2 aromatic carbocycles. The molecule has 0 spiro atoms. The number of carbonyl (C=O) groups excluding carboxylic acids is 1. The summed E-state index contributed by atoms with van der Waals surface area (Å²) < 4.78 is 12.2. The van der Waals surface area contributed by atoms with Crippen LogP contribution in [0, 0.1) is 10.1 Å². The molecule has 0 saturated carbocycles. The summed E-state index contributed by atoms with van der Waals surface area (Å²) in [6.07, 6.45) is 0. The summed E-state index contributed by atoms with van der Waals surface area (Å²) in [4.78, 5) is 38.6. The van der Waals surface area contributed by atoms with Crippen LogP contribution in [0.2, 0.25) is 0 Å². The van der Waals surface area contributed by atoms with Crippen molar-refractivity contribution in [2.24, 2.45) is 0 Å². The van der Waals surface area contributed by atoms with Crippen molar-refractivity contribution in [3.63, 3.8) is 0 Å². The number of fused-ring (bicyclic) bond motifs is 2. The van der Waals surface area contributed by atoms with Crippen LogP contribution < -0.4 is 5.76 Å². The number of oxazole rings is 1. The first kappa shape index (κ1) is 16.9. The number of nitro benzene ring substituents is 1. The molecule has 0 aliphatic carbocycles. The van der Waals surface area contributed by atoms with E-state index in [-0.39, 0.29) is 29.9 Å². The molecule has 27 heavy (non-hydrogen) atoms. The van der Waals surface area contributed by atoms with E-state index in [0.29, 0.717) is 5.01 Å². The molecule has 10 heteroatoms. The van der Waals surface area contributed by atoms with Gasteiger partial charge in [0.1, 0.15) is 18.2 Å². The molecule has 9 nitrogen and oxygen atoms in total. The van der Waals surface area contributed by atoms with Gasteiger partial charge in [-0.3, -0.25) is 19.5 Å². The summed E-state index contributed by atoms with van der Waals surface area (Å²) in [6, 6.07) is 11.3. The van der Waals surface area contributed by atoms with Crippen LogP contribution in [0.3, 0.4) is 0 Å². The third kappa shape index (κ3) is 3.29. The monoisotopic (exact) mass is 385 g/mol. The Morgan fingerprint density at radius 2 is 2.11 bits per heavy atom. The lowest BCUT2D eigenvalue weighted by atomic mass is 10.3. The number of carbonyl (C=O) groups is 1. The van der Waals surface area contributed by atoms with Gasteiger partial charge in [0.2, 0.25) is 0 Å². The highest BCUT2D eigenvalue weighted by Crippen LogP contribution is 2.22. The molecule has 0 fully saturated rings. The van der Waals surface area contributed by atoms with Gasteiger partial charge in [0.05, 0.1) is 26.7 Å². The molecule has 4 rings (SSSR count). The quantitative estimate of drug-likeness (QED) is 0.294. The number of benzene rings is 2. The summed E-state index contributed by atoms with van der Waals surface area (Å²) >= 11 is 1.42. The largest absolute Gasteiger partial charge is 0.457 e. The number of esters is 1. The standard InChI is InChI=1S/C17H11N3O6S/c21-16(25-9-15-18-11-3-1-2-4-14(11)27-15)8-19-12-6-5-10(20(23)24)7-13(12)26-17(19)22/h1-7H,8-9H2. The Bertz CT molecular complexity index is 1210. The molecule has 0 saturated heterocycles. The molecule has 0 aliphatic rings. The van der Waals surface area contributed by atoms with E-state index in [0.717, 1.165) is 20.9 Å². The number of nitro groups is 1. The fourth-order valence-corrected chi connectivity index (χ4v) is 3.50. The number of rotatable bonds is 5. The average molecular weight is 385 g/mol. The molecule has 0 N–H and O–H groups in total. The SMILES string of the molecule is O=C(Cn1c(=O)oc2cc([N+](=O)[O-])ccc21)OCc1nc2ccccc2s1. The summed E-state index contributed by atoms with van der Waals surface area (Å²) in [5.41, 5.74) is 0.935. The number of aromatic nitrogens is 2. The summed E-state index contributed by atoms with van der Waals surface area (Å²) in [7, 11) is 0. The third-order valence-electron chi connectivity index (χ3n) is 3.84. The van der Waals surface area contributed by atoms with Crippen molar-refractivity contribution < 1.29 is 18.9 Å². The van der Waals surface area contributed by atoms with Crippen molar-refractivity contribution in [3.8, 4) is 0 Å². The van der Waals surface area contributed by atoms with Crippen molar-refractivity contribution >= 4 is 44.3 Å². The molecule has 0 unspecified atom stereocenters. The Morgan fingerprint density at radius 3 is 2.89 bits per heavy atom. The van der Waals surface area contributed by atoms with Crippen LogP contribution in [0.4, 0.5) is 5.69 Å². The first-order valence-corrected chi connectivity index (χ1v) is 8.61. The number of ether oxygens (including phenoxy) is 1. The molecule has 0 radical (unpaired) electrons. The van der Waals surface area contributed by atoms with E-state index < -0.39 is 16.6 Å². The van der Waals surface area contributed by atoms with E-state index >= 15 is 0 Å². The van der Waals surface area contributed by atoms with Crippen LogP contribution >= 0.6 is 11.3 Å². The zero-order valence-electron chi connectivity index (χ0n) is 13.7. The maximum absolute atomic E-state index is 12.1. The van der Waals surface area contributed by atoms with E-state index in [2.05, 4.69) is 4.98 Å². The fraction of sp³-hybridized carbons (Fsp3) is 0.118. The second-order valence-electron chi connectivity index (χ2n) is 5.60. The Morgan fingerprint density at radius 1 is 1.30 bits per heavy atom. The summed E-state index contributed by atoms with van der Waals surface area (Å²) in [5, 5.41) is 11.4. The summed E-state index contributed by atoms with van der Waals surface area (Å²) in [5.74, 6) is -1.43. The predicted molar refractivity (Wildman–Crippen MR) is 96.5 cm³/mol. The average Bonchev–Trinajstić information content (AvgIpc) is 3.20. The predicted octanol–water partition coefficient (Wildman–Crippen LogP) is 2.86. The molecular weight excluding hydrogens is 374 g/mol. The Hall–Kier alpha value is -3.53. The maximum Gasteiger partial charge on any atom is 0.420 e. The van der Waals surface area contributed by atoms with Crippen LogP contribution in [0.5, 0.6) is 0 Å². The van der Waals surface area contributed by atoms with Crippen molar-refractivity contribution in [2.45, 2.75) is 13.2 Å². The van der Waals surface area contributed by atoms with Gasteiger partial charge in [-0.05, 0) is 18.2 Å². The van der Waals surface area contributed by atoms with Crippen molar-refractivity contribution in [1.82, 2.24) is 9.55 Å². The number of hydrogen-bond acceptors (Lipinski definition) is 8. The maximum atomic E-state index is 12.1. The topological polar surface area (TPSA) is 117 Å². The Labute approximate surface area is 154 Å². The Kier molecular flexibility index (Phi) is 4.16. The van der Waals surface area contributed by atoms with Crippen molar-refractivity contribution in [3.05, 3.63) is 68.1 Å². The minimum Gasteiger partial charge on any atom is -0.457 e. The molecule has 0 atom stereocenters. The highest BCUT2D eigenvalue weighted by Gasteiger charge is 2.17. The minimum absolute atomic E-state index is 0.00577. The van der Waals surface area contributed by atoms with Crippen LogP contribution in [0.1, 0.15) is 5.01 Å². The first-order valence-electron chi connectivity index (χ1n) is 7.79. The van der Waals surface area contributed by atoms with Gasteiger partial charge in [0, 0.05) is 6.07 Å². The van der Waals surface area contributed by atoms with E-state index in [1.807, 2.05) is 24.3 Å². The third-order valence-corrected chi connectivity index (χ3v) is 4.85. The molecule has 4 aromatic rings. The minimum atomic E-state index is -0.789. The van der Waals surface area contributed by atoms with Crippen LogP contribution in [0.15, 0.2) is 51.7 Å². The molecule has 0 amide bonds. The zero-order valence-corrected chi connectivity index (χ0v) is 14.5. The molecule has 0 aliphatic heterocycles. The lowest BCUT2D eigenvalue weighted by Gasteiger charge is -2.03. The number of para-hydroxylation sites is 1.